The van der Waals surface area contributed by atoms with E-state index < -0.39 is 16.5 Å². The van der Waals surface area contributed by atoms with E-state index in [1.54, 1.807) is 0 Å². The van der Waals surface area contributed by atoms with E-state index in [1.807, 2.05) is 0 Å². The van der Waals surface area contributed by atoms with Crippen molar-refractivity contribution in [1.29, 1.82) is 0 Å². The molecule has 0 aliphatic heterocycles. The number of nitrogens with one attached hydrogen (secondary N) is 1. The molecule has 1 amide bonds. The summed E-state index contributed by atoms with van der Waals surface area (Å²) >= 11 is 5.63. The van der Waals surface area contributed by atoms with Gasteiger partial charge in [0.2, 0.25) is 5.89 Å². The van der Waals surface area contributed by atoms with E-state index in [9.17, 15) is 14.9 Å². The number of pyridine rings is 1. The summed E-state index contributed by atoms with van der Waals surface area (Å²) in [4.78, 5) is 29.3. The van der Waals surface area contributed by atoms with Gasteiger partial charge in [0.15, 0.2) is 6.33 Å². The molecule has 0 aliphatic rings. The average Bonchev–Trinajstić information content (AvgIpc) is 2.91. The number of halogens is 1. The smallest absolute Gasteiger partial charge is 0.300 e. The van der Waals surface area contributed by atoms with E-state index in [2.05, 4.69) is 20.4 Å². The predicted octanol–water partition coefficient (Wildman–Crippen LogP) is 0.999. The quantitative estimate of drug-likeness (QED) is 0.496. The number of rotatable bonds is 5. The van der Waals surface area contributed by atoms with Crippen molar-refractivity contribution in [2.45, 2.75) is 6.42 Å². The molecule has 2 heterocycles. The van der Waals surface area contributed by atoms with Crippen LogP contribution in [0, 0.1) is 10.1 Å². The Labute approximate surface area is 117 Å². The second kappa shape index (κ2) is 6.06. The van der Waals surface area contributed by atoms with Crippen LogP contribution in [0.2, 0.25) is 5.15 Å². The minimum atomic E-state index is -0.698. The van der Waals surface area contributed by atoms with E-state index >= 15 is 0 Å². The third-order valence-corrected chi connectivity index (χ3v) is 2.53. The first-order chi connectivity index (χ1) is 9.58. The number of carbonyl (C=O) groups excluding carboxylic acids is 1. The number of hydrogen-bond acceptors (Lipinski definition) is 7. The number of nitrogens with zero attached hydrogens (tertiary/aromatic N) is 4. The lowest BCUT2D eigenvalue weighted by Gasteiger charge is -2.04. The van der Waals surface area contributed by atoms with E-state index in [-0.39, 0.29) is 17.3 Å². The molecule has 0 spiro atoms. The van der Waals surface area contributed by atoms with E-state index in [0.717, 1.165) is 12.3 Å². The molecule has 10 heteroatoms. The van der Waals surface area contributed by atoms with Gasteiger partial charge in [0.05, 0.1) is 4.92 Å². The van der Waals surface area contributed by atoms with E-state index in [0.29, 0.717) is 12.3 Å². The van der Waals surface area contributed by atoms with Gasteiger partial charge in [-0.2, -0.15) is 4.98 Å². The second-order valence-electron chi connectivity index (χ2n) is 3.62. The van der Waals surface area contributed by atoms with Crippen LogP contribution in [0.1, 0.15) is 16.2 Å². The SMILES string of the molecule is O=C(NCCc1ncno1)c1cc(Cl)ncc1[N+](=O)[O-]. The molecule has 9 nitrogen and oxygen atoms in total. The van der Waals surface area contributed by atoms with Crippen LogP contribution in [0.3, 0.4) is 0 Å². The summed E-state index contributed by atoms with van der Waals surface area (Å²) in [6.07, 6.45) is 2.50. The monoisotopic (exact) mass is 297 g/mol. The number of nitro groups is 1. The molecule has 20 heavy (non-hydrogen) atoms. The molecule has 104 valence electrons. The normalized spacial score (nSPS) is 10.2. The molecule has 0 radical (unpaired) electrons. The lowest BCUT2D eigenvalue weighted by atomic mass is 10.2. The minimum Gasteiger partial charge on any atom is -0.351 e. The Bertz CT molecular complexity index is 631. The molecule has 0 unspecified atom stereocenters. The molecule has 0 aliphatic carbocycles. The third-order valence-electron chi connectivity index (χ3n) is 2.32. The fourth-order valence-corrected chi connectivity index (χ4v) is 1.59. The van der Waals surface area contributed by atoms with Crippen LogP contribution in [-0.4, -0.2) is 32.5 Å². The zero-order valence-electron chi connectivity index (χ0n) is 9.95. The zero-order chi connectivity index (χ0) is 14.5. The standard InChI is InChI=1S/C10H8ClN5O4/c11-8-3-6(7(4-13-8)16(18)19)10(17)12-2-1-9-14-5-15-20-9/h3-5H,1-2H2,(H,12,17). The molecule has 0 bridgehead atoms. The zero-order valence-corrected chi connectivity index (χ0v) is 10.7. The maximum atomic E-state index is 11.9. The molecule has 1 N–H and O–H groups in total. The highest BCUT2D eigenvalue weighted by Crippen LogP contribution is 2.20. The van der Waals surface area contributed by atoms with Crippen molar-refractivity contribution in [3.63, 3.8) is 0 Å². The molecule has 0 atom stereocenters. The Kier molecular flexibility index (Phi) is 4.20. The van der Waals surface area contributed by atoms with Crippen LogP contribution in [0.5, 0.6) is 0 Å². The lowest BCUT2D eigenvalue weighted by molar-refractivity contribution is -0.385. The number of hydrogen-bond donors (Lipinski definition) is 1. The number of amides is 1. The van der Waals surface area contributed by atoms with Gasteiger partial charge in [-0.15, -0.1) is 0 Å². The van der Waals surface area contributed by atoms with Crippen LogP contribution < -0.4 is 5.32 Å². The first kappa shape index (κ1) is 13.9. The van der Waals surface area contributed by atoms with Gasteiger partial charge in [0.1, 0.15) is 16.9 Å². The van der Waals surface area contributed by atoms with E-state index in [4.69, 9.17) is 16.1 Å². The van der Waals surface area contributed by atoms with Crippen LogP contribution in [0.25, 0.3) is 0 Å². The van der Waals surface area contributed by atoms with Gasteiger partial charge < -0.3 is 9.84 Å². The Morgan fingerprint density at radius 2 is 2.30 bits per heavy atom. The highest BCUT2D eigenvalue weighted by Gasteiger charge is 2.21. The van der Waals surface area contributed by atoms with Gasteiger partial charge >= 0.3 is 0 Å². The maximum Gasteiger partial charge on any atom is 0.300 e. The third kappa shape index (κ3) is 3.26. The van der Waals surface area contributed by atoms with Crippen molar-refractivity contribution in [3.05, 3.63) is 45.3 Å². The summed E-state index contributed by atoms with van der Waals surface area (Å²) < 4.78 is 4.75. The Hall–Kier alpha value is -2.55. The molecule has 2 aromatic heterocycles. The predicted molar refractivity (Wildman–Crippen MR) is 66.2 cm³/mol. The molecule has 0 aromatic carbocycles. The van der Waals surface area contributed by atoms with Crippen LogP contribution in [-0.2, 0) is 6.42 Å². The van der Waals surface area contributed by atoms with Crippen LogP contribution >= 0.6 is 11.6 Å². The summed E-state index contributed by atoms with van der Waals surface area (Å²) in [6.45, 7) is 0.193. The summed E-state index contributed by atoms with van der Waals surface area (Å²) in [5, 5.41) is 16.7. The highest BCUT2D eigenvalue weighted by molar-refractivity contribution is 6.29. The van der Waals surface area contributed by atoms with Gasteiger partial charge in [-0.25, -0.2) is 4.98 Å². The van der Waals surface area contributed by atoms with Crippen LogP contribution in [0.15, 0.2) is 23.1 Å². The fraction of sp³-hybridized carbons (Fsp3) is 0.200. The average molecular weight is 298 g/mol. The van der Waals surface area contributed by atoms with Crippen molar-refractivity contribution < 1.29 is 14.2 Å². The first-order valence-corrected chi connectivity index (χ1v) is 5.79. The number of aromatic nitrogens is 3. The van der Waals surface area contributed by atoms with Crippen molar-refractivity contribution in [2.24, 2.45) is 0 Å². The van der Waals surface area contributed by atoms with Gasteiger partial charge in [-0.3, -0.25) is 14.9 Å². The van der Waals surface area contributed by atoms with Crippen molar-refractivity contribution in [3.8, 4) is 0 Å². The Morgan fingerprint density at radius 3 is 2.95 bits per heavy atom. The number of carbonyl (C=O) groups is 1. The first-order valence-electron chi connectivity index (χ1n) is 5.41. The maximum absolute atomic E-state index is 11.9. The van der Waals surface area contributed by atoms with Gasteiger partial charge in [0.25, 0.3) is 11.6 Å². The summed E-state index contributed by atoms with van der Waals surface area (Å²) in [5.41, 5.74) is -0.565. The fourth-order valence-electron chi connectivity index (χ4n) is 1.43. The molecular formula is C10H8ClN5O4. The van der Waals surface area contributed by atoms with E-state index in [1.165, 1.54) is 6.33 Å². The topological polar surface area (TPSA) is 124 Å². The summed E-state index contributed by atoms with van der Waals surface area (Å²) in [6, 6.07) is 1.14. The lowest BCUT2D eigenvalue weighted by Crippen LogP contribution is -2.26. The van der Waals surface area contributed by atoms with Gasteiger partial charge in [-0.05, 0) is 6.07 Å². The van der Waals surface area contributed by atoms with Crippen molar-refractivity contribution in [2.75, 3.05) is 6.54 Å². The molecule has 0 saturated heterocycles. The Balaban J connectivity index is 2.05. The summed E-state index contributed by atoms with van der Waals surface area (Å²) in [5.74, 6) is -0.270. The van der Waals surface area contributed by atoms with Crippen molar-refractivity contribution in [1.82, 2.24) is 20.4 Å². The van der Waals surface area contributed by atoms with Gasteiger partial charge in [0, 0.05) is 13.0 Å². The largest absolute Gasteiger partial charge is 0.351 e. The molecule has 2 aromatic rings. The van der Waals surface area contributed by atoms with Crippen LogP contribution in [0.4, 0.5) is 5.69 Å². The second-order valence-corrected chi connectivity index (χ2v) is 4.01. The Morgan fingerprint density at radius 1 is 1.50 bits per heavy atom. The molecule has 2 rings (SSSR count). The minimum absolute atomic E-state index is 0.00217. The molecule has 0 saturated carbocycles. The molecule has 0 fully saturated rings. The van der Waals surface area contributed by atoms with Gasteiger partial charge in [-0.1, -0.05) is 16.8 Å². The molecular weight excluding hydrogens is 290 g/mol. The van der Waals surface area contributed by atoms with Crippen molar-refractivity contribution >= 4 is 23.2 Å². The summed E-state index contributed by atoms with van der Waals surface area (Å²) in [7, 11) is 0. The highest BCUT2D eigenvalue weighted by atomic mass is 35.5.